The van der Waals surface area contributed by atoms with E-state index in [-0.39, 0.29) is 11.9 Å². The first kappa shape index (κ1) is 20.3. The van der Waals surface area contributed by atoms with E-state index in [1.54, 1.807) is 11.6 Å². The van der Waals surface area contributed by atoms with Gasteiger partial charge >= 0.3 is 6.03 Å². The number of nitrogens with zero attached hydrogens (tertiary/aromatic N) is 4. The van der Waals surface area contributed by atoms with E-state index in [2.05, 4.69) is 26.2 Å². The molecule has 8 nitrogen and oxygen atoms in total. The Kier molecular flexibility index (Phi) is 6.66. The minimum atomic E-state index is -0.520. The second kappa shape index (κ2) is 9.18. The topological polar surface area (TPSA) is 102 Å². The summed E-state index contributed by atoms with van der Waals surface area (Å²) in [6.07, 6.45) is 5.38. The first-order valence-electron chi connectivity index (χ1n) is 9.58. The number of thioether (sulfide) groups is 1. The van der Waals surface area contributed by atoms with E-state index in [0.717, 1.165) is 36.9 Å². The van der Waals surface area contributed by atoms with E-state index in [1.165, 1.54) is 23.7 Å². The highest BCUT2D eigenvalue weighted by molar-refractivity contribution is 8.00. The lowest BCUT2D eigenvalue weighted by Crippen LogP contribution is -2.47. The van der Waals surface area contributed by atoms with Gasteiger partial charge in [0.2, 0.25) is 11.1 Å². The standard InChI is InChI=1S/C19H26N6O2S/c1-12-9-10-16(11-13(12)2)25-19(22-23-24-25)28-14(3)17(26)21-18(27)20-15-7-5-4-6-8-15/h9-11,14-15H,4-8H2,1-3H3,(H2,20,21,26,27)/t14-/m1/s1. The van der Waals surface area contributed by atoms with Gasteiger partial charge in [-0.3, -0.25) is 10.1 Å². The summed E-state index contributed by atoms with van der Waals surface area (Å²) < 4.78 is 1.60. The summed E-state index contributed by atoms with van der Waals surface area (Å²) in [5, 5.41) is 17.1. The zero-order valence-electron chi connectivity index (χ0n) is 16.4. The van der Waals surface area contributed by atoms with Gasteiger partial charge in [-0.1, -0.05) is 37.1 Å². The summed E-state index contributed by atoms with van der Waals surface area (Å²) in [6.45, 7) is 5.80. The predicted molar refractivity (Wildman–Crippen MR) is 107 cm³/mol. The first-order chi connectivity index (χ1) is 13.4. The van der Waals surface area contributed by atoms with Gasteiger partial charge in [-0.15, -0.1) is 5.10 Å². The number of nitrogens with one attached hydrogen (secondary N) is 2. The number of hydrogen-bond donors (Lipinski definition) is 2. The van der Waals surface area contributed by atoms with Gasteiger partial charge in [0.1, 0.15) is 0 Å². The van der Waals surface area contributed by atoms with Gasteiger partial charge in [0.05, 0.1) is 10.9 Å². The summed E-state index contributed by atoms with van der Waals surface area (Å²) in [5.41, 5.74) is 3.15. The van der Waals surface area contributed by atoms with E-state index in [4.69, 9.17) is 0 Å². The van der Waals surface area contributed by atoms with E-state index < -0.39 is 11.3 Å². The Morgan fingerprint density at radius 2 is 1.93 bits per heavy atom. The molecule has 0 aliphatic heterocycles. The third-order valence-electron chi connectivity index (χ3n) is 5.00. The highest BCUT2D eigenvalue weighted by atomic mass is 32.2. The zero-order valence-corrected chi connectivity index (χ0v) is 17.3. The van der Waals surface area contributed by atoms with Crippen LogP contribution in [0.2, 0.25) is 0 Å². The lowest BCUT2D eigenvalue weighted by molar-refractivity contribution is -0.119. The number of rotatable bonds is 5. The quantitative estimate of drug-likeness (QED) is 0.746. The van der Waals surface area contributed by atoms with E-state index in [1.807, 2.05) is 32.0 Å². The molecule has 3 rings (SSSR count). The van der Waals surface area contributed by atoms with Crippen molar-refractivity contribution in [2.75, 3.05) is 0 Å². The molecule has 1 aromatic carbocycles. The Balaban J connectivity index is 1.59. The van der Waals surface area contributed by atoms with Crippen molar-refractivity contribution in [1.29, 1.82) is 0 Å². The maximum atomic E-state index is 12.4. The van der Waals surface area contributed by atoms with Crippen LogP contribution >= 0.6 is 11.8 Å². The van der Waals surface area contributed by atoms with Gasteiger partial charge in [-0.25, -0.2) is 4.79 Å². The van der Waals surface area contributed by atoms with Crippen LogP contribution in [0.5, 0.6) is 0 Å². The number of urea groups is 1. The van der Waals surface area contributed by atoms with Crippen LogP contribution in [0.3, 0.4) is 0 Å². The molecule has 150 valence electrons. The Morgan fingerprint density at radius 3 is 2.64 bits per heavy atom. The van der Waals surface area contributed by atoms with Crippen LogP contribution in [0.15, 0.2) is 23.4 Å². The van der Waals surface area contributed by atoms with Crippen molar-refractivity contribution < 1.29 is 9.59 Å². The number of carbonyl (C=O) groups excluding carboxylic acids is 2. The molecule has 0 radical (unpaired) electrons. The van der Waals surface area contributed by atoms with Crippen molar-refractivity contribution in [3.8, 4) is 5.69 Å². The molecule has 1 aromatic heterocycles. The number of amides is 3. The van der Waals surface area contributed by atoms with Gasteiger partial charge < -0.3 is 5.32 Å². The molecule has 1 saturated carbocycles. The van der Waals surface area contributed by atoms with Gasteiger partial charge in [0.25, 0.3) is 0 Å². The Morgan fingerprint density at radius 1 is 1.18 bits per heavy atom. The maximum Gasteiger partial charge on any atom is 0.321 e. The van der Waals surface area contributed by atoms with E-state index in [9.17, 15) is 9.59 Å². The molecule has 1 atom stereocenters. The molecule has 0 bridgehead atoms. The molecule has 2 aromatic rings. The Labute approximate surface area is 168 Å². The van der Waals surface area contributed by atoms with Crippen LogP contribution < -0.4 is 10.6 Å². The van der Waals surface area contributed by atoms with Crippen molar-refractivity contribution >= 4 is 23.7 Å². The summed E-state index contributed by atoms with van der Waals surface area (Å²) >= 11 is 1.21. The molecule has 0 unspecified atom stereocenters. The predicted octanol–water partition coefficient (Wildman–Crippen LogP) is 2.92. The Hall–Kier alpha value is -2.42. The fourth-order valence-corrected chi connectivity index (χ4v) is 3.97. The smallest absolute Gasteiger partial charge is 0.321 e. The molecule has 1 aliphatic carbocycles. The van der Waals surface area contributed by atoms with Crippen LogP contribution in [-0.2, 0) is 4.79 Å². The summed E-state index contributed by atoms with van der Waals surface area (Å²) in [4.78, 5) is 24.5. The average Bonchev–Trinajstić information content (AvgIpc) is 3.12. The van der Waals surface area contributed by atoms with Crippen LogP contribution in [0.4, 0.5) is 4.79 Å². The molecule has 1 fully saturated rings. The van der Waals surface area contributed by atoms with Crippen LogP contribution in [-0.4, -0.2) is 43.4 Å². The molecule has 3 amide bonds. The summed E-state index contributed by atoms with van der Waals surface area (Å²) in [7, 11) is 0. The van der Waals surface area contributed by atoms with Crippen LogP contribution in [0, 0.1) is 13.8 Å². The van der Waals surface area contributed by atoms with Crippen molar-refractivity contribution in [3.05, 3.63) is 29.3 Å². The molecule has 28 heavy (non-hydrogen) atoms. The van der Waals surface area contributed by atoms with Crippen molar-refractivity contribution in [2.24, 2.45) is 0 Å². The minimum Gasteiger partial charge on any atom is -0.335 e. The number of aromatic nitrogens is 4. The highest BCUT2D eigenvalue weighted by Gasteiger charge is 2.22. The molecule has 9 heteroatoms. The SMILES string of the molecule is Cc1ccc(-n2nnnc2S[C@H](C)C(=O)NC(=O)NC2CCCCC2)cc1C. The summed E-state index contributed by atoms with van der Waals surface area (Å²) in [6, 6.07) is 5.66. The van der Waals surface area contributed by atoms with Crippen molar-refractivity contribution in [2.45, 2.75) is 69.3 Å². The fraction of sp³-hybridized carbons (Fsp3) is 0.526. The maximum absolute atomic E-state index is 12.4. The molecule has 2 N–H and O–H groups in total. The number of imide groups is 1. The third kappa shape index (κ3) is 5.09. The first-order valence-corrected chi connectivity index (χ1v) is 10.5. The minimum absolute atomic E-state index is 0.154. The third-order valence-corrected chi connectivity index (χ3v) is 6.04. The number of aryl methyl sites for hydroxylation is 2. The van der Waals surface area contributed by atoms with Gasteiger partial charge in [-0.05, 0) is 67.3 Å². The molecule has 0 saturated heterocycles. The van der Waals surface area contributed by atoms with Crippen LogP contribution in [0.25, 0.3) is 5.69 Å². The van der Waals surface area contributed by atoms with Gasteiger partial charge in [0, 0.05) is 6.04 Å². The molecular weight excluding hydrogens is 376 g/mol. The van der Waals surface area contributed by atoms with Gasteiger partial charge in [-0.2, -0.15) is 4.68 Å². The van der Waals surface area contributed by atoms with Crippen LogP contribution in [0.1, 0.15) is 50.2 Å². The van der Waals surface area contributed by atoms with E-state index >= 15 is 0 Å². The zero-order chi connectivity index (χ0) is 20.1. The molecule has 1 heterocycles. The number of carbonyl (C=O) groups is 2. The number of hydrogen-bond acceptors (Lipinski definition) is 6. The average molecular weight is 403 g/mol. The highest BCUT2D eigenvalue weighted by Crippen LogP contribution is 2.24. The number of tetrazole rings is 1. The Bertz CT molecular complexity index is 847. The second-order valence-corrected chi connectivity index (χ2v) is 8.51. The largest absolute Gasteiger partial charge is 0.335 e. The lowest BCUT2D eigenvalue weighted by Gasteiger charge is -2.23. The van der Waals surface area contributed by atoms with Crippen molar-refractivity contribution in [3.63, 3.8) is 0 Å². The molecular formula is C19H26N6O2S. The fourth-order valence-electron chi connectivity index (χ4n) is 3.17. The summed E-state index contributed by atoms with van der Waals surface area (Å²) in [5.74, 6) is -0.368. The lowest BCUT2D eigenvalue weighted by atomic mass is 9.96. The van der Waals surface area contributed by atoms with Crippen molar-refractivity contribution in [1.82, 2.24) is 30.8 Å². The normalized spacial score (nSPS) is 15.8. The molecule has 1 aliphatic rings. The molecule has 0 spiro atoms. The van der Waals surface area contributed by atoms with Gasteiger partial charge in [0.15, 0.2) is 0 Å². The second-order valence-electron chi connectivity index (χ2n) is 7.20. The number of benzene rings is 1. The monoisotopic (exact) mass is 402 g/mol. The van der Waals surface area contributed by atoms with E-state index in [0.29, 0.717) is 5.16 Å².